The predicted molar refractivity (Wildman–Crippen MR) is 184 cm³/mol. The molecule has 1 saturated heterocycles. The largest absolute Gasteiger partial charge is 0.452 e. The molecule has 6 unspecified atom stereocenters. The summed E-state index contributed by atoms with van der Waals surface area (Å²) in [7, 11) is 0. The van der Waals surface area contributed by atoms with Crippen LogP contribution >= 0.6 is 0 Å². The molecule has 1 aliphatic heterocycles. The molecule has 1 heterocycles. The Morgan fingerprint density at radius 1 is 0.979 bits per heavy atom. The Balaban J connectivity index is 1.47. The maximum atomic E-state index is 16.0. The summed E-state index contributed by atoms with van der Waals surface area (Å²) in [5.41, 5.74) is 0.539. The van der Waals surface area contributed by atoms with Gasteiger partial charge in [-0.25, -0.2) is 0 Å². The van der Waals surface area contributed by atoms with Gasteiger partial charge in [0.25, 0.3) is 0 Å². The number of ether oxygens (including phenoxy) is 3. The highest BCUT2D eigenvalue weighted by atomic mass is 16.7. The van der Waals surface area contributed by atoms with E-state index in [4.69, 9.17) is 14.2 Å². The van der Waals surface area contributed by atoms with E-state index in [2.05, 4.69) is 47.3 Å². The molecule has 2 aromatic carbocycles. The molecule has 4 bridgehead atoms. The number of fused-ring (bicyclic) bond motifs is 2. The van der Waals surface area contributed by atoms with Gasteiger partial charge in [0.15, 0.2) is 12.4 Å². The molecule has 4 aliphatic carbocycles. The third kappa shape index (κ3) is 4.55. The van der Waals surface area contributed by atoms with Gasteiger partial charge in [-0.05, 0) is 78.2 Å². The van der Waals surface area contributed by atoms with Crippen LogP contribution in [0.4, 0.5) is 0 Å². The summed E-state index contributed by atoms with van der Waals surface area (Å²) >= 11 is 0. The van der Waals surface area contributed by atoms with E-state index in [1.54, 1.807) is 0 Å². The summed E-state index contributed by atoms with van der Waals surface area (Å²) < 4.78 is 20.2. The molecule has 7 rings (SSSR count). The van der Waals surface area contributed by atoms with Crippen molar-refractivity contribution in [1.82, 2.24) is 0 Å². The zero-order valence-electron chi connectivity index (χ0n) is 28.9. The standard InChI is InChI=1S/C42H54O5/c1-7-29(26(2)3)22-36(43)40-25-33-28(6)18-19-34(33)41(39-45-20-21-46-39)24-32(40)23-35(27(4)5)42(40,41)38(44)47-37(30-14-10-8-11-15-30)31-16-12-9-13-17-31/h7-17,23,26-29,32-34,36-37,39,43H,1,18-22,24-25H2,2-6H3/t28-,29?,32?,33-,34-,36?,40?,41?,42?/m1/s1. The molecule has 2 aromatic rings. The third-order valence-corrected chi connectivity index (χ3v) is 13.5. The topological polar surface area (TPSA) is 65.0 Å². The molecular formula is C42H54O5. The van der Waals surface area contributed by atoms with Gasteiger partial charge < -0.3 is 19.3 Å². The van der Waals surface area contributed by atoms with Crippen molar-refractivity contribution in [2.24, 2.45) is 57.7 Å². The van der Waals surface area contributed by atoms with Gasteiger partial charge in [-0.15, -0.1) is 6.58 Å². The van der Waals surface area contributed by atoms with Crippen molar-refractivity contribution in [2.45, 2.75) is 85.2 Å². The monoisotopic (exact) mass is 638 g/mol. The Kier molecular flexibility index (Phi) is 8.59. The first-order valence-electron chi connectivity index (χ1n) is 18.2. The Bertz CT molecular complexity index is 1440. The summed E-state index contributed by atoms with van der Waals surface area (Å²) in [6.45, 7) is 16.4. The predicted octanol–water partition coefficient (Wildman–Crippen LogP) is 8.54. The normalized spacial score (nSPS) is 35.7. The maximum absolute atomic E-state index is 16.0. The molecule has 47 heavy (non-hydrogen) atoms. The van der Waals surface area contributed by atoms with Gasteiger partial charge in [0.2, 0.25) is 0 Å². The van der Waals surface area contributed by atoms with Crippen LogP contribution in [0.15, 0.2) is 85.0 Å². The van der Waals surface area contributed by atoms with Gasteiger partial charge in [-0.2, -0.15) is 0 Å². The number of benzene rings is 2. The smallest absolute Gasteiger partial charge is 0.318 e. The quantitative estimate of drug-likeness (QED) is 0.197. The minimum absolute atomic E-state index is 0.0255. The Labute approximate surface area is 281 Å². The fraction of sp³-hybridized carbons (Fsp3) is 0.595. The SMILES string of the molecule is C=CC(CC(O)C12C[C@@H]3[C@H](C)CC[C@H]3C3(C4OCCO4)CC1C=C(C(C)C)C23C(=O)OC(c1ccccc1)c1ccccc1)C(C)C. The molecule has 1 N–H and O–H groups in total. The second kappa shape index (κ2) is 12.3. The van der Waals surface area contributed by atoms with E-state index in [1.165, 1.54) is 0 Å². The first-order chi connectivity index (χ1) is 22.6. The molecule has 0 spiro atoms. The van der Waals surface area contributed by atoms with Crippen molar-refractivity contribution in [3.63, 3.8) is 0 Å². The van der Waals surface area contributed by atoms with Gasteiger partial charge in [0, 0.05) is 10.8 Å². The lowest BCUT2D eigenvalue weighted by Crippen LogP contribution is -2.68. The van der Waals surface area contributed by atoms with Gasteiger partial charge in [-0.1, -0.05) is 119 Å². The fourth-order valence-corrected chi connectivity index (χ4v) is 11.6. The lowest BCUT2D eigenvalue weighted by atomic mass is 9.40. The van der Waals surface area contributed by atoms with Crippen molar-refractivity contribution < 1.29 is 24.1 Å². The van der Waals surface area contributed by atoms with Crippen LogP contribution in [0.3, 0.4) is 0 Å². The van der Waals surface area contributed by atoms with Gasteiger partial charge in [0.05, 0.1) is 19.3 Å². The molecular weight excluding hydrogens is 584 g/mol. The van der Waals surface area contributed by atoms with E-state index < -0.39 is 34.7 Å². The average Bonchev–Trinajstić information content (AvgIpc) is 3.84. The lowest BCUT2D eigenvalue weighted by molar-refractivity contribution is -0.255. The third-order valence-electron chi connectivity index (χ3n) is 13.5. The molecule has 252 valence electrons. The zero-order valence-corrected chi connectivity index (χ0v) is 28.9. The molecule has 4 fully saturated rings. The molecule has 0 aromatic heterocycles. The van der Waals surface area contributed by atoms with Crippen molar-refractivity contribution in [3.8, 4) is 0 Å². The van der Waals surface area contributed by atoms with Crippen molar-refractivity contribution in [3.05, 3.63) is 96.1 Å². The minimum Gasteiger partial charge on any atom is -0.452 e. The first kappa shape index (κ1) is 32.8. The first-order valence-corrected chi connectivity index (χ1v) is 18.2. The Morgan fingerprint density at radius 2 is 1.60 bits per heavy atom. The summed E-state index contributed by atoms with van der Waals surface area (Å²) in [4.78, 5) is 16.0. The van der Waals surface area contributed by atoms with E-state index in [-0.39, 0.29) is 29.6 Å². The fourth-order valence-electron chi connectivity index (χ4n) is 11.6. The number of hydrogen-bond acceptors (Lipinski definition) is 5. The number of carbonyl (C=O) groups is 1. The molecule has 5 nitrogen and oxygen atoms in total. The van der Waals surface area contributed by atoms with E-state index >= 15 is 4.79 Å². The van der Waals surface area contributed by atoms with Gasteiger partial charge in [-0.3, -0.25) is 4.79 Å². The number of carbonyl (C=O) groups excluding carboxylic acids is 1. The highest BCUT2D eigenvalue weighted by Gasteiger charge is 2.88. The Morgan fingerprint density at radius 3 is 2.15 bits per heavy atom. The average molecular weight is 639 g/mol. The van der Waals surface area contributed by atoms with E-state index in [0.717, 1.165) is 42.4 Å². The lowest BCUT2D eigenvalue weighted by Gasteiger charge is -2.63. The molecule has 0 amide bonds. The molecule has 5 aliphatic rings. The second-order valence-electron chi connectivity index (χ2n) is 16.0. The highest BCUT2D eigenvalue weighted by molar-refractivity contribution is 5.87. The van der Waals surface area contributed by atoms with Gasteiger partial charge >= 0.3 is 5.97 Å². The number of rotatable bonds is 11. The van der Waals surface area contributed by atoms with Crippen LogP contribution in [0, 0.1) is 57.7 Å². The van der Waals surface area contributed by atoms with E-state index in [1.807, 2.05) is 66.7 Å². The number of esters is 1. The van der Waals surface area contributed by atoms with Crippen LogP contribution in [-0.4, -0.2) is 36.7 Å². The molecule has 0 radical (unpaired) electrons. The van der Waals surface area contributed by atoms with Crippen LogP contribution in [0.5, 0.6) is 0 Å². The molecule has 9 atom stereocenters. The van der Waals surface area contributed by atoms with Crippen molar-refractivity contribution >= 4 is 5.97 Å². The van der Waals surface area contributed by atoms with Crippen LogP contribution in [-0.2, 0) is 19.0 Å². The van der Waals surface area contributed by atoms with Crippen LogP contribution in [0.2, 0.25) is 0 Å². The summed E-state index contributed by atoms with van der Waals surface area (Å²) in [6, 6.07) is 20.2. The van der Waals surface area contributed by atoms with Crippen LogP contribution < -0.4 is 0 Å². The highest BCUT2D eigenvalue weighted by Crippen LogP contribution is 2.85. The van der Waals surface area contributed by atoms with Gasteiger partial charge in [0.1, 0.15) is 5.41 Å². The summed E-state index contributed by atoms with van der Waals surface area (Å²) in [5, 5.41) is 13.0. The molecule has 5 heteroatoms. The van der Waals surface area contributed by atoms with Crippen molar-refractivity contribution in [2.75, 3.05) is 13.2 Å². The summed E-state index contributed by atoms with van der Waals surface area (Å²) in [5.74, 6) is 1.47. The second-order valence-corrected chi connectivity index (χ2v) is 16.0. The number of aliphatic hydroxyl groups is 1. The van der Waals surface area contributed by atoms with Crippen LogP contribution in [0.1, 0.15) is 84.0 Å². The maximum Gasteiger partial charge on any atom is 0.318 e. The zero-order chi connectivity index (χ0) is 33.1. The minimum atomic E-state index is -1.09. The van der Waals surface area contributed by atoms with Crippen molar-refractivity contribution in [1.29, 1.82) is 0 Å². The van der Waals surface area contributed by atoms with E-state index in [0.29, 0.717) is 37.4 Å². The van der Waals surface area contributed by atoms with E-state index in [9.17, 15) is 5.11 Å². The number of aliphatic hydroxyl groups excluding tert-OH is 1. The summed E-state index contributed by atoms with van der Waals surface area (Å²) in [6.07, 6.45) is 6.89. The van der Waals surface area contributed by atoms with Crippen LogP contribution in [0.25, 0.3) is 0 Å². The Hall–Kier alpha value is -2.73. The number of hydrogen-bond donors (Lipinski definition) is 1. The number of allylic oxidation sites excluding steroid dienone is 2. The molecule has 3 saturated carbocycles.